The van der Waals surface area contributed by atoms with E-state index in [2.05, 4.69) is 20.4 Å². The lowest BCUT2D eigenvalue weighted by atomic mass is 10.4. The predicted molar refractivity (Wildman–Crippen MR) is 46.5 cm³/mol. The monoisotopic (exact) mass is 162 g/mol. The fourth-order valence-corrected chi connectivity index (χ4v) is 0.750. The Bertz CT molecular complexity index is 282. The third-order valence-electron chi connectivity index (χ3n) is 1.20. The highest BCUT2D eigenvalue weighted by Gasteiger charge is 1.90. The summed E-state index contributed by atoms with van der Waals surface area (Å²) in [7, 11) is 0. The molecule has 0 aliphatic heterocycles. The molecule has 0 aliphatic rings. The van der Waals surface area contributed by atoms with Gasteiger partial charge in [0, 0.05) is 11.6 Å². The second kappa shape index (κ2) is 4.33. The molecule has 0 aliphatic carbocycles. The van der Waals surface area contributed by atoms with Gasteiger partial charge >= 0.3 is 0 Å². The third-order valence-corrected chi connectivity index (χ3v) is 1.20. The molecule has 0 saturated heterocycles. The lowest BCUT2D eigenvalue weighted by Crippen LogP contribution is -1.88. The first-order chi connectivity index (χ1) is 5.97. The molecule has 62 valence electrons. The van der Waals surface area contributed by atoms with Crippen molar-refractivity contribution in [2.24, 2.45) is 0 Å². The molecule has 0 atom stereocenters. The molecule has 0 unspecified atom stereocenters. The summed E-state index contributed by atoms with van der Waals surface area (Å²) in [6, 6.07) is 3.73. The van der Waals surface area contributed by atoms with E-state index in [1.165, 1.54) is 0 Å². The van der Waals surface area contributed by atoms with Crippen LogP contribution in [0.15, 0.2) is 24.5 Å². The SMILES string of the molecule is CC.c1cnc2nnncc2c1. The molecule has 2 heterocycles. The molecule has 0 radical (unpaired) electrons. The lowest BCUT2D eigenvalue weighted by molar-refractivity contribution is 0.885. The highest BCUT2D eigenvalue weighted by atomic mass is 15.3. The summed E-state index contributed by atoms with van der Waals surface area (Å²) >= 11 is 0. The molecule has 2 rings (SSSR count). The minimum atomic E-state index is 0.637. The van der Waals surface area contributed by atoms with Gasteiger partial charge in [0.2, 0.25) is 0 Å². The fourth-order valence-electron chi connectivity index (χ4n) is 0.750. The average Bonchev–Trinajstić information content (AvgIpc) is 2.21. The van der Waals surface area contributed by atoms with Gasteiger partial charge in [-0.05, 0) is 17.3 Å². The van der Waals surface area contributed by atoms with Crippen LogP contribution in [0.1, 0.15) is 13.8 Å². The molecule has 4 heteroatoms. The Morgan fingerprint density at radius 2 is 2.08 bits per heavy atom. The maximum atomic E-state index is 3.97. The Morgan fingerprint density at radius 1 is 1.25 bits per heavy atom. The molecule has 0 bridgehead atoms. The summed E-state index contributed by atoms with van der Waals surface area (Å²) in [5.41, 5.74) is 0.637. The second-order valence-corrected chi connectivity index (χ2v) is 1.85. The summed E-state index contributed by atoms with van der Waals surface area (Å²) in [6.45, 7) is 4.00. The van der Waals surface area contributed by atoms with E-state index in [0.717, 1.165) is 5.39 Å². The first-order valence-electron chi connectivity index (χ1n) is 3.86. The third kappa shape index (κ3) is 1.72. The molecule has 12 heavy (non-hydrogen) atoms. The zero-order valence-corrected chi connectivity index (χ0v) is 7.10. The lowest BCUT2D eigenvalue weighted by Gasteiger charge is -1.88. The molecule has 0 N–H and O–H groups in total. The van der Waals surface area contributed by atoms with E-state index in [-0.39, 0.29) is 0 Å². The number of fused-ring (bicyclic) bond motifs is 1. The van der Waals surface area contributed by atoms with Crippen molar-refractivity contribution in [3.05, 3.63) is 24.5 Å². The minimum Gasteiger partial charge on any atom is -0.235 e. The van der Waals surface area contributed by atoms with Crippen molar-refractivity contribution in [1.29, 1.82) is 0 Å². The van der Waals surface area contributed by atoms with Gasteiger partial charge in [-0.1, -0.05) is 13.8 Å². The van der Waals surface area contributed by atoms with E-state index in [1.54, 1.807) is 12.4 Å². The fraction of sp³-hybridized carbons (Fsp3) is 0.250. The van der Waals surface area contributed by atoms with Crippen LogP contribution >= 0.6 is 0 Å². The summed E-state index contributed by atoms with van der Waals surface area (Å²) in [6.07, 6.45) is 3.31. The van der Waals surface area contributed by atoms with Crippen molar-refractivity contribution in [1.82, 2.24) is 20.4 Å². The van der Waals surface area contributed by atoms with Crippen LogP contribution in [0, 0.1) is 0 Å². The van der Waals surface area contributed by atoms with Crippen LogP contribution in [0.25, 0.3) is 11.0 Å². The van der Waals surface area contributed by atoms with Gasteiger partial charge in [0.1, 0.15) is 0 Å². The molecule has 0 saturated carbocycles. The largest absolute Gasteiger partial charge is 0.235 e. The maximum Gasteiger partial charge on any atom is 0.185 e. The summed E-state index contributed by atoms with van der Waals surface area (Å²) in [5.74, 6) is 0. The van der Waals surface area contributed by atoms with Gasteiger partial charge in [-0.2, -0.15) is 0 Å². The van der Waals surface area contributed by atoms with Gasteiger partial charge in [0.15, 0.2) is 5.65 Å². The normalized spacial score (nSPS) is 8.83. The van der Waals surface area contributed by atoms with E-state index in [1.807, 2.05) is 26.0 Å². The highest BCUT2D eigenvalue weighted by molar-refractivity contribution is 5.71. The Balaban J connectivity index is 0.000000336. The Hall–Kier alpha value is -1.58. The number of nitrogens with zero attached hydrogens (tertiary/aromatic N) is 4. The molecule has 0 aromatic carbocycles. The van der Waals surface area contributed by atoms with Crippen LogP contribution in [0.5, 0.6) is 0 Å². The Morgan fingerprint density at radius 3 is 2.83 bits per heavy atom. The summed E-state index contributed by atoms with van der Waals surface area (Å²) in [5, 5.41) is 11.7. The zero-order chi connectivity index (χ0) is 8.81. The van der Waals surface area contributed by atoms with Crippen molar-refractivity contribution in [3.8, 4) is 0 Å². The molecule has 2 aromatic rings. The topological polar surface area (TPSA) is 51.6 Å². The van der Waals surface area contributed by atoms with Gasteiger partial charge in [0.25, 0.3) is 0 Å². The second-order valence-electron chi connectivity index (χ2n) is 1.85. The van der Waals surface area contributed by atoms with Crippen LogP contribution in [-0.2, 0) is 0 Å². The number of hydrogen-bond acceptors (Lipinski definition) is 4. The molecular formula is C8H10N4. The predicted octanol–water partition coefficient (Wildman–Crippen LogP) is 1.45. The molecular weight excluding hydrogens is 152 g/mol. The first-order valence-corrected chi connectivity index (χ1v) is 3.86. The number of pyridine rings is 1. The molecule has 0 amide bonds. The summed E-state index contributed by atoms with van der Waals surface area (Å²) < 4.78 is 0. The standard InChI is InChI=1S/C6H4N4.C2H6/c1-2-5-4-8-10-9-6(5)7-3-1;1-2/h1-4H;1-2H3. The number of aromatic nitrogens is 4. The van der Waals surface area contributed by atoms with Crippen molar-refractivity contribution in [2.45, 2.75) is 13.8 Å². The van der Waals surface area contributed by atoms with Crippen LogP contribution in [-0.4, -0.2) is 20.4 Å². The Kier molecular flexibility index (Phi) is 3.07. The molecule has 2 aromatic heterocycles. The quantitative estimate of drug-likeness (QED) is 0.588. The summed E-state index contributed by atoms with van der Waals surface area (Å²) in [4.78, 5) is 3.97. The van der Waals surface area contributed by atoms with Crippen LogP contribution in [0.3, 0.4) is 0 Å². The van der Waals surface area contributed by atoms with E-state index in [4.69, 9.17) is 0 Å². The maximum absolute atomic E-state index is 3.97. The van der Waals surface area contributed by atoms with Crippen molar-refractivity contribution in [2.75, 3.05) is 0 Å². The van der Waals surface area contributed by atoms with Crippen LogP contribution in [0.4, 0.5) is 0 Å². The molecule has 0 spiro atoms. The van der Waals surface area contributed by atoms with Crippen molar-refractivity contribution < 1.29 is 0 Å². The molecule has 0 fully saturated rings. The smallest absolute Gasteiger partial charge is 0.185 e. The van der Waals surface area contributed by atoms with E-state index in [0.29, 0.717) is 5.65 Å². The number of hydrogen-bond donors (Lipinski definition) is 0. The zero-order valence-electron chi connectivity index (χ0n) is 7.10. The minimum absolute atomic E-state index is 0.637. The van der Waals surface area contributed by atoms with E-state index < -0.39 is 0 Å². The van der Waals surface area contributed by atoms with Gasteiger partial charge in [-0.25, -0.2) is 4.98 Å². The number of rotatable bonds is 0. The van der Waals surface area contributed by atoms with Gasteiger partial charge in [0.05, 0.1) is 6.20 Å². The van der Waals surface area contributed by atoms with Crippen molar-refractivity contribution >= 4 is 11.0 Å². The van der Waals surface area contributed by atoms with Gasteiger partial charge in [-0.3, -0.25) is 0 Å². The van der Waals surface area contributed by atoms with Crippen LogP contribution < -0.4 is 0 Å². The van der Waals surface area contributed by atoms with E-state index >= 15 is 0 Å². The first kappa shape index (κ1) is 8.52. The molecule has 4 nitrogen and oxygen atoms in total. The van der Waals surface area contributed by atoms with Crippen LogP contribution in [0.2, 0.25) is 0 Å². The van der Waals surface area contributed by atoms with Gasteiger partial charge < -0.3 is 0 Å². The highest BCUT2D eigenvalue weighted by Crippen LogP contribution is 2.01. The van der Waals surface area contributed by atoms with Gasteiger partial charge in [-0.15, -0.1) is 10.2 Å². The average molecular weight is 162 g/mol. The van der Waals surface area contributed by atoms with Crippen molar-refractivity contribution in [3.63, 3.8) is 0 Å². The van der Waals surface area contributed by atoms with E-state index in [9.17, 15) is 0 Å². The Labute approximate surface area is 70.7 Å².